The molecule has 0 unspecified atom stereocenters. The van der Waals surface area contributed by atoms with E-state index >= 15 is 0 Å². The first-order chi connectivity index (χ1) is 14.0. The van der Waals surface area contributed by atoms with Crippen LogP contribution in [0.25, 0.3) is 0 Å². The average molecular weight is 405 g/mol. The summed E-state index contributed by atoms with van der Waals surface area (Å²) in [5.74, 6) is 4.69. The fourth-order valence-corrected chi connectivity index (χ4v) is 6.71. The van der Waals surface area contributed by atoms with Gasteiger partial charge in [-0.25, -0.2) is 0 Å². The molecule has 0 spiro atoms. The summed E-state index contributed by atoms with van der Waals surface area (Å²) in [5.41, 5.74) is 0.587. The molecule has 1 aromatic rings. The van der Waals surface area contributed by atoms with E-state index in [4.69, 9.17) is 0 Å². The maximum absolute atomic E-state index is 12.9. The van der Waals surface area contributed by atoms with E-state index in [0.717, 1.165) is 41.6 Å². The fraction of sp³-hybridized carbons (Fsp3) is 0.692. The minimum atomic E-state index is -4.24. The molecule has 3 aliphatic rings. The molecule has 0 saturated heterocycles. The Morgan fingerprint density at radius 2 is 1.52 bits per heavy atom. The minimum absolute atomic E-state index is 0.448. The maximum Gasteiger partial charge on any atom is 0.416 e. The van der Waals surface area contributed by atoms with Crippen LogP contribution in [-0.2, 0) is 6.18 Å². The topological polar surface area (TPSA) is 0 Å². The van der Waals surface area contributed by atoms with E-state index in [9.17, 15) is 13.2 Å². The van der Waals surface area contributed by atoms with Crippen LogP contribution in [0.2, 0.25) is 0 Å². The number of alkyl halides is 3. The molecule has 1 aromatic carbocycles. The van der Waals surface area contributed by atoms with Crippen molar-refractivity contribution in [3.05, 3.63) is 47.5 Å². The molecule has 0 amide bonds. The van der Waals surface area contributed by atoms with Crippen LogP contribution in [0.15, 0.2) is 36.4 Å². The smallest absolute Gasteiger partial charge is 0.166 e. The number of benzene rings is 1. The zero-order chi connectivity index (χ0) is 20.4. The number of allylic oxidation sites excluding steroid dienone is 2. The molecule has 0 N–H and O–H groups in total. The zero-order valence-electron chi connectivity index (χ0n) is 17.6. The Kier molecular flexibility index (Phi) is 6.41. The van der Waals surface area contributed by atoms with E-state index in [2.05, 4.69) is 19.1 Å². The molecule has 160 valence electrons. The minimum Gasteiger partial charge on any atom is -0.166 e. The molecule has 0 radical (unpaired) electrons. The van der Waals surface area contributed by atoms with Gasteiger partial charge < -0.3 is 0 Å². The summed E-state index contributed by atoms with van der Waals surface area (Å²) in [7, 11) is 0. The average Bonchev–Trinajstić information content (AvgIpc) is 2.73. The third-order valence-electron chi connectivity index (χ3n) is 8.15. The van der Waals surface area contributed by atoms with Crippen LogP contribution in [0, 0.1) is 29.6 Å². The second-order valence-corrected chi connectivity index (χ2v) is 9.84. The summed E-state index contributed by atoms with van der Waals surface area (Å²) in [5, 5.41) is 0. The molecule has 4 rings (SSSR count). The van der Waals surface area contributed by atoms with Crippen molar-refractivity contribution in [1.82, 2.24) is 0 Å². The zero-order valence-corrected chi connectivity index (χ0v) is 17.6. The Balaban J connectivity index is 1.36. The van der Waals surface area contributed by atoms with E-state index in [1.165, 1.54) is 69.9 Å². The lowest BCUT2D eigenvalue weighted by Gasteiger charge is -2.50. The van der Waals surface area contributed by atoms with Crippen LogP contribution < -0.4 is 0 Å². The largest absolute Gasteiger partial charge is 0.416 e. The van der Waals surface area contributed by atoms with E-state index in [0.29, 0.717) is 5.92 Å². The Morgan fingerprint density at radius 3 is 2.17 bits per heavy atom. The molecule has 0 aromatic heterocycles. The van der Waals surface area contributed by atoms with Gasteiger partial charge in [0.1, 0.15) is 0 Å². The third-order valence-corrected chi connectivity index (χ3v) is 8.15. The summed E-state index contributed by atoms with van der Waals surface area (Å²) in [4.78, 5) is 0. The second-order valence-electron chi connectivity index (χ2n) is 9.84. The molecule has 29 heavy (non-hydrogen) atoms. The first kappa shape index (κ1) is 21.0. The maximum atomic E-state index is 12.9. The fourth-order valence-electron chi connectivity index (χ4n) is 6.71. The van der Waals surface area contributed by atoms with Crippen LogP contribution in [0.4, 0.5) is 13.2 Å². The van der Waals surface area contributed by atoms with E-state index in [1.54, 1.807) is 12.1 Å². The Bertz CT molecular complexity index is 687. The highest BCUT2D eigenvalue weighted by atomic mass is 19.4. The van der Waals surface area contributed by atoms with Crippen molar-refractivity contribution in [3.63, 3.8) is 0 Å². The van der Waals surface area contributed by atoms with E-state index < -0.39 is 11.7 Å². The highest BCUT2D eigenvalue weighted by Gasteiger charge is 2.44. The molecular weight excluding hydrogens is 369 g/mol. The standard InChI is InChI=1S/C26H35F3/c1-2-3-4-5-18-6-14-24-21(16-18)7-8-22-17-20(11-15-25(22)24)19-9-12-23(13-10-19)26(27,28)29/h4-5,9-10,12-13,18,20-22,24-25H,2-3,6-8,11,14-17H2,1H3/t18-,20-,21-,22+,24+,25+/m1/s1. The van der Waals surface area contributed by atoms with Gasteiger partial charge in [-0.05, 0) is 111 Å². The van der Waals surface area contributed by atoms with Crippen molar-refractivity contribution in [3.8, 4) is 0 Å². The Morgan fingerprint density at radius 1 is 0.862 bits per heavy atom. The first-order valence-electron chi connectivity index (χ1n) is 11.8. The van der Waals surface area contributed by atoms with Gasteiger partial charge >= 0.3 is 6.18 Å². The van der Waals surface area contributed by atoms with Crippen molar-refractivity contribution in [2.24, 2.45) is 29.6 Å². The molecular formula is C26H35F3. The Hall–Kier alpha value is -1.25. The summed E-state index contributed by atoms with van der Waals surface area (Å²) in [6.45, 7) is 2.24. The molecule has 0 nitrogen and oxygen atoms in total. The van der Waals surface area contributed by atoms with Gasteiger partial charge in [0.2, 0.25) is 0 Å². The molecule has 6 atom stereocenters. The lowest BCUT2D eigenvalue weighted by Crippen LogP contribution is -2.41. The van der Waals surface area contributed by atoms with Crippen LogP contribution in [0.3, 0.4) is 0 Å². The van der Waals surface area contributed by atoms with Gasteiger partial charge in [0.25, 0.3) is 0 Å². The predicted molar refractivity (Wildman–Crippen MR) is 113 cm³/mol. The second kappa shape index (κ2) is 8.86. The van der Waals surface area contributed by atoms with Gasteiger partial charge in [0.15, 0.2) is 0 Å². The van der Waals surface area contributed by atoms with Gasteiger partial charge in [-0.2, -0.15) is 13.2 Å². The molecule has 0 aliphatic heterocycles. The lowest BCUT2D eigenvalue weighted by molar-refractivity contribution is -0.137. The Labute approximate surface area is 174 Å². The van der Waals surface area contributed by atoms with Gasteiger partial charge in [0, 0.05) is 0 Å². The molecule has 3 heteroatoms. The number of halogens is 3. The van der Waals surface area contributed by atoms with Gasteiger partial charge in [-0.15, -0.1) is 0 Å². The van der Waals surface area contributed by atoms with Crippen molar-refractivity contribution >= 4 is 0 Å². The predicted octanol–water partition coefficient (Wildman–Crippen LogP) is 8.39. The number of hydrogen-bond acceptors (Lipinski definition) is 0. The highest BCUT2D eigenvalue weighted by Crippen LogP contribution is 2.55. The quantitative estimate of drug-likeness (QED) is 0.442. The summed E-state index contributed by atoms with van der Waals surface area (Å²) >= 11 is 0. The molecule has 0 heterocycles. The van der Waals surface area contributed by atoms with E-state index in [1.807, 2.05) is 0 Å². The van der Waals surface area contributed by atoms with Gasteiger partial charge in [0.05, 0.1) is 5.56 Å². The molecule has 3 aliphatic carbocycles. The summed E-state index contributed by atoms with van der Waals surface area (Å²) in [6.07, 6.45) is 13.5. The van der Waals surface area contributed by atoms with Crippen molar-refractivity contribution in [2.45, 2.75) is 83.2 Å². The molecule has 3 saturated carbocycles. The van der Waals surface area contributed by atoms with E-state index in [-0.39, 0.29) is 0 Å². The van der Waals surface area contributed by atoms with Crippen LogP contribution in [0.1, 0.15) is 88.2 Å². The monoisotopic (exact) mass is 404 g/mol. The first-order valence-corrected chi connectivity index (χ1v) is 11.8. The highest BCUT2D eigenvalue weighted by molar-refractivity contribution is 5.27. The van der Waals surface area contributed by atoms with Crippen molar-refractivity contribution in [1.29, 1.82) is 0 Å². The number of rotatable bonds is 4. The SMILES string of the molecule is CCCC=C[C@@H]1CC[C@H]2[C@H](CC[C@H]3C[C@H](c4ccc(C(F)(F)F)cc4)CC[C@@H]32)C1. The van der Waals surface area contributed by atoms with Gasteiger partial charge in [-0.1, -0.05) is 37.6 Å². The number of unbranched alkanes of at least 4 members (excludes halogenated alkanes) is 1. The van der Waals surface area contributed by atoms with Gasteiger partial charge in [-0.3, -0.25) is 0 Å². The number of fused-ring (bicyclic) bond motifs is 3. The van der Waals surface area contributed by atoms with Crippen LogP contribution in [-0.4, -0.2) is 0 Å². The van der Waals surface area contributed by atoms with Crippen molar-refractivity contribution in [2.75, 3.05) is 0 Å². The third kappa shape index (κ3) is 4.75. The van der Waals surface area contributed by atoms with Crippen molar-refractivity contribution < 1.29 is 13.2 Å². The summed E-state index contributed by atoms with van der Waals surface area (Å²) < 4.78 is 38.6. The number of hydrogen-bond donors (Lipinski definition) is 0. The normalized spacial score (nSPS) is 35.3. The van der Waals surface area contributed by atoms with Crippen LogP contribution >= 0.6 is 0 Å². The molecule has 0 bridgehead atoms. The lowest BCUT2D eigenvalue weighted by atomic mass is 9.55. The summed E-state index contributed by atoms with van der Waals surface area (Å²) in [6, 6.07) is 6.00. The molecule has 3 fully saturated rings. The van der Waals surface area contributed by atoms with Crippen LogP contribution in [0.5, 0.6) is 0 Å².